The fraction of sp³-hybridized carbons (Fsp3) is 0.375. The second-order valence-corrected chi connectivity index (χ2v) is 12.1. The van der Waals surface area contributed by atoms with Crippen LogP contribution in [-0.4, -0.2) is 49.7 Å². The zero-order chi connectivity index (χ0) is 29.9. The molecule has 5 nitrogen and oxygen atoms in total. The number of unbranched alkanes of at least 4 members (excludes halogenated alkanes) is 1. The molecule has 1 heterocycles. The molecule has 0 radical (unpaired) electrons. The Balaban J connectivity index is 1.61. The van der Waals surface area contributed by atoms with E-state index in [0.29, 0.717) is 45.9 Å². The van der Waals surface area contributed by atoms with Crippen LogP contribution in [0.1, 0.15) is 60.2 Å². The maximum Gasteiger partial charge on any atom is 0.262 e. The lowest BCUT2D eigenvalue weighted by Gasteiger charge is -2.39. The molecule has 0 saturated carbocycles. The summed E-state index contributed by atoms with van der Waals surface area (Å²) in [6.07, 6.45) is 1.75. The highest BCUT2D eigenvalue weighted by Crippen LogP contribution is 2.39. The van der Waals surface area contributed by atoms with E-state index in [2.05, 4.69) is 0 Å². The molecule has 218 valence electrons. The number of halogens is 4. The van der Waals surface area contributed by atoms with Crippen molar-refractivity contribution in [2.45, 2.75) is 45.7 Å². The summed E-state index contributed by atoms with van der Waals surface area (Å²) in [6.45, 7) is 4.40. The number of benzene rings is 3. The first-order valence-corrected chi connectivity index (χ1v) is 14.4. The minimum atomic E-state index is -0.999. The Kier molecular flexibility index (Phi) is 9.73. The normalized spacial score (nSPS) is 13.7. The van der Waals surface area contributed by atoms with Crippen LogP contribution in [0.4, 0.5) is 20.2 Å². The summed E-state index contributed by atoms with van der Waals surface area (Å²) in [5.74, 6) is -1.37. The predicted molar refractivity (Wildman–Crippen MR) is 162 cm³/mol. The molecule has 0 spiro atoms. The molecule has 1 aliphatic heterocycles. The van der Waals surface area contributed by atoms with Crippen LogP contribution < -0.4 is 9.80 Å². The van der Waals surface area contributed by atoms with Crippen LogP contribution in [-0.2, 0) is 0 Å². The number of alkyl halides is 1. The molecule has 1 amide bonds. The van der Waals surface area contributed by atoms with Gasteiger partial charge in [-0.3, -0.25) is 9.59 Å². The highest BCUT2D eigenvalue weighted by atomic mass is 35.5. The van der Waals surface area contributed by atoms with Gasteiger partial charge in [-0.1, -0.05) is 55.6 Å². The topological polar surface area (TPSA) is 60.9 Å². The number of aliphatic hydroxyl groups excluding tert-OH is 1. The lowest BCUT2D eigenvalue weighted by atomic mass is 9.87. The highest BCUT2D eigenvalue weighted by molar-refractivity contribution is 6.35. The zero-order valence-electron chi connectivity index (χ0n) is 23.4. The van der Waals surface area contributed by atoms with Gasteiger partial charge in [-0.25, -0.2) is 8.78 Å². The van der Waals surface area contributed by atoms with Crippen LogP contribution in [0, 0.1) is 11.2 Å². The Hall–Kier alpha value is -3.00. The molecule has 1 fully saturated rings. The third kappa shape index (κ3) is 7.08. The fourth-order valence-corrected chi connectivity index (χ4v) is 5.33. The summed E-state index contributed by atoms with van der Waals surface area (Å²) in [5, 5.41) is 9.88. The molecule has 3 aromatic rings. The Labute approximate surface area is 249 Å². The summed E-state index contributed by atoms with van der Waals surface area (Å²) in [5.41, 5.74) is 2.49. The molecular weight excluding hydrogens is 569 g/mol. The van der Waals surface area contributed by atoms with Gasteiger partial charge in [0.15, 0.2) is 5.78 Å². The fourth-order valence-electron chi connectivity index (χ4n) is 4.86. The summed E-state index contributed by atoms with van der Waals surface area (Å²) >= 11 is 12.7. The Morgan fingerprint density at radius 1 is 1.05 bits per heavy atom. The van der Waals surface area contributed by atoms with Crippen molar-refractivity contribution in [3.63, 3.8) is 0 Å². The quantitative estimate of drug-likeness (QED) is 0.178. The maximum absolute atomic E-state index is 14.5. The Morgan fingerprint density at radius 3 is 2.44 bits per heavy atom. The van der Waals surface area contributed by atoms with Gasteiger partial charge in [0.2, 0.25) is 0 Å². The van der Waals surface area contributed by atoms with Crippen molar-refractivity contribution in [3.8, 4) is 11.1 Å². The van der Waals surface area contributed by atoms with Crippen molar-refractivity contribution in [3.05, 3.63) is 81.6 Å². The van der Waals surface area contributed by atoms with Crippen LogP contribution in [0.2, 0.25) is 10.0 Å². The Morgan fingerprint density at radius 2 is 1.78 bits per heavy atom. The average molecular weight is 604 g/mol. The molecule has 1 aliphatic rings. The van der Waals surface area contributed by atoms with Gasteiger partial charge in [-0.15, -0.1) is 0 Å². The van der Waals surface area contributed by atoms with E-state index < -0.39 is 17.9 Å². The minimum Gasteiger partial charge on any atom is -0.396 e. The second kappa shape index (κ2) is 12.9. The van der Waals surface area contributed by atoms with Crippen LogP contribution in [0.5, 0.6) is 0 Å². The SMILES string of the molecule is CN(C(=O)c1c(F)cccc1Cl)c1ccc(-c2cc(C(=O)CCCCC(C)(C)CO)ccc2Cl)cc1N1CC(F)C1. The van der Waals surface area contributed by atoms with Crippen LogP contribution in [0.25, 0.3) is 11.1 Å². The molecule has 0 unspecified atom stereocenters. The van der Waals surface area contributed by atoms with Gasteiger partial charge in [0, 0.05) is 36.2 Å². The van der Waals surface area contributed by atoms with Gasteiger partial charge in [0.25, 0.3) is 5.91 Å². The van der Waals surface area contributed by atoms with Gasteiger partial charge in [-0.05, 0) is 66.3 Å². The average Bonchev–Trinajstić information content (AvgIpc) is 2.93. The molecule has 1 saturated heterocycles. The van der Waals surface area contributed by atoms with Crippen molar-refractivity contribution >= 4 is 46.3 Å². The van der Waals surface area contributed by atoms with Gasteiger partial charge >= 0.3 is 0 Å². The third-order valence-electron chi connectivity index (χ3n) is 7.53. The molecule has 41 heavy (non-hydrogen) atoms. The predicted octanol–water partition coefficient (Wildman–Crippen LogP) is 8.00. The van der Waals surface area contributed by atoms with E-state index in [1.54, 1.807) is 41.3 Å². The maximum atomic E-state index is 14.5. The molecule has 9 heteroatoms. The Bertz CT molecular complexity index is 1420. The van der Waals surface area contributed by atoms with Crippen LogP contribution >= 0.6 is 23.2 Å². The number of rotatable bonds is 11. The van der Waals surface area contributed by atoms with E-state index in [-0.39, 0.29) is 41.5 Å². The van der Waals surface area contributed by atoms with E-state index in [0.717, 1.165) is 12.8 Å². The zero-order valence-corrected chi connectivity index (χ0v) is 24.9. The van der Waals surface area contributed by atoms with Crippen molar-refractivity contribution in [1.29, 1.82) is 0 Å². The molecular formula is C32H34Cl2F2N2O3. The van der Waals surface area contributed by atoms with Crippen LogP contribution in [0.3, 0.4) is 0 Å². The van der Waals surface area contributed by atoms with E-state index in [9.17, 15) is 23.5 Å². The number of ketones is 1. The standard InChI is InChI=1S/C32H34Cl2F2N2O3/c1-32(2,19-39)14-5-4-9-29(40)21-10-12-24(33)23(15-21)20-11-13-27(28(16-20)38-17-22(35)18-38)37(3)31(41)30-25(34)7-6-8-26(30)36/h6-8,10-13,15-16,22,39H,4-5,9,14,17-19H2,1-3H3. The van der Waals surface area contributed by atoms with Crippen LogP contribution in [0.15, 0.2) is 54.6 Å². The number of nitrogens with zero attached hydrogens (tertiary/aromatic N) is 2. The molecule has 0 bridgehead atoms. The van der Waals surface area contributed by atoms with Gasteiger partial charge < -0.3 is 14.9 Å². The molecule has 3 aromatic carbocycles. The number of amides is 1. The lowest BCUT2D eigenvalue weighted by Crippen LogP contribution is -2.49. The highest BCUT2D eigenvalue weighted by Gasteiger charge is 2.31. The lowest BCUT2D eigenvalue weighted by molar-refractivity contribution is 0.0971. The number of carbonyl (C=O) groups excluding carboxylic acids is 2. The van der Waals surface area contributed by atoms with Gasteiger partial charge in [0.05, 0.1) is 35.1 Å². The van der Waals surface area contributed by atoms with E-state index >= 15 is 0 Å². The number of aliphatic hydroxyl groups is 1. The first-order chi connectivity index (χ1) is 19.4. The number of anilines is 2. The molecule has 0 aromatic heterocycles. The summed E-state index contributed by atoms with van der Waals surface area (Å²) in [7, 11) is 1.52. The van der Waals surface area contributed by atoms with Crippen molar-refractivity contribution in [2.24, 2.45) is 5.41 Å². The van der Waals surface area contributed by atoms with E-state index in [1.807, 2.05) is 13.8 Å². The molecule has 4 rings (SSSR count). The van der Waals surface area contributed by atoms with E-state index in [1.165, 1.54) is 30.1 Å². The number of hydrogen-bond donors (Lipinski definition) is 1. The van der Waals surface area contributed by atoms with Crippen molar-refractivity contribution < 1.29 is 23.5 Å². The van der Waals surface area contributed by atoms with Crippen molar-refractivity contribution in [1.82, 2.24) is 0 Å². The van der Waals surface area contributed by atoms with Crippen molar-refractivity contribution in [2.75, 3.05) is 36.5 Å². The number of carbonyl (C=O) groups is 2. The molecule has 0 atom stereocenters. The smallest absolute Gasteiger partial charge is 0.262 e. The largest absolute Gasteiger partial charge is 0.396 e. The minimum absolute atomic E-state index is 0.00170. The molecule has 0 aliphatic carbocycles. The molecule has 1 N–H and O–H groups in total. The van der Waals surface area contributed by atoms with Gasteiger partial charge in [0.1, 0.15) is 12.0 Å². The number of Topliss-reactive ketones (excluding diaryl/α,β-unsaturated/α-hetero) is 1. The van der Waals surface area contributed by atoms with E-state index in [4.69, 9.17) is 23.2 Å². The number of hydrogen-bond acceptors (Lipinski definition) is 4. The summed E-state index contributed by atoms with van der Waals surface area (Å²) in [4.78, 5) is 29.4. The summed E-state index contributed by atoms with van der Waals surface area (Å²) in [6, 6.07) is 14.5. The third-order valence-corrected chi connectivity index (χ3v) is 8.18. The first kappa shape index (κ1) is 30.9. The second-order valence-electron chi connectivity index (χ2n) is 11.3. The monoisotopic (exact) mass is 602 g/mol. The first-order valence-electron chi connectivity index (χ1n) is 13.6. The summed E-state index contributed by atoms with van der Waals surface area (Å²) < 4.78 is 28.4. The van der Waals surface area contributed by atoms with Gasteiger partial charge in [-0.2, -0.15) is 0 Å².